The van der Waals surface area contributed by atoms with Gasteiger partial charge in [-0.3, -0.25) is 4.99 Å². The fourth-order valence-electron chi connectivity index (χ4n) is 3.20. The number of ether oxygens (including phenoxy) is 1. The summed E-state index contributed by atoms with van der Waals surface area (Å²) in [6, 6.07) is 6.70. The molecule has 1 aromatic carbocycles. The Bertz CT molecular complexity index is 598. The predicted molar refractivity (Wildman–Crippen MR) is 103 cm³/mol. The first-order valence-electron chi connectivity index (χ1n) is 9.38. The molecule has 1 aliphatic rings. The van der Waals surface area contributed by atoms with Gasteiger partial charge in [-0.25, -0.2) is 4.39 Å². The summed E-state index contributed by atoms with van der Waals surface area (Å²) in [4.78, 5) is 4.71. The van der Waals surface area contributed by atoms with Crippen LogP contribution < -0.4 is 10.6 Å². The molecule has 0 bridgehead atoms. The van der Waals surface area contributed by atoms with Crippen LogP contribution in [-0.4, -0.2) is 50.5 Å². The molecule has 2 rings (SSSR count). The molecule has 146 valence electrons. The van der Waals surface area contributed by atoms with E-state index < -0.39 is 0 Å². The van der Waals surface area contributed by atoms with Gasteiger partial charge in [0.25, 0.3) is 0 Å². The first-order valence-corrected chi connectivity index (χ1v) is 9.38. The van der Waals surface area contributed by atoms with Gasteiger partial charge in [0.15, 0.2) is 5.96 Å². The Hall–Kier alpha value is -1.66. The van der Waals surface area contributed by atoms with Crippen molar-refractivity contribution in [3.8, 4) is 0 Å². The van der Waals surface area contributed by atoms with Crippen molar-refractivity contribution in [2.45, 2.75) is 39.0 Å². The Labute approximate surface area is 156 Å². The molecule has 0 aliphatic carbocycles. The Kier molecular flexibility index (Phi) is 7.41. The van der Waals surface area contributed by atoms with Crippen LogP contribution in [0, 0.1) is 11.2 Å². The van der Waals surface area contributed by atoms with Crippen molar-refractivity contribution in [2.75, 3.05) is 39.5 Å². The highest BCUT2D eigenvalue weighted by Gasteiger charge is 2.34. The molecule has 1 fully saturated rings. The minimum Gasteiger partial charge on any atom is -0.396 e. The highest BCUT2D eigenvalue weighted by molar-refractivity contribution is 5.79. The lowest BCUT2D eigenvalue weighted by atomic mass is 9.84. The van der Waals surface area contributed by atoms with Crippen molar-refractivity contribution in [3.05, 3.63) is 35.6 Å². The number of aliphatic hydroxyl groups is 1. The van der Waals surface area contributed by atoms with Gasteiger partial charge in [-0.15, -0.1) is 0 Å². The Balaban J connectivity index is 2.03. The van der Waals surface area contributed by atoms with Gasteiger partial charge >= 0.3 is 0 Å². The van der Waals surface area contributed by atoms with Gasteiger partial charge in [0.05, 0.1) is 13.2 Å². The van der Waals surface area contributed by atoms with E-state index in [-0.39, 0.29) is 23.3 Å². The van der Waals surface area contributed by atoms with E-state index in [2.05, 4.69) is 24.5 Å². The smallest absolute Gasteiger partial charge is 0.191 e. The minimum absolute atomic E-state index is 0.0387. The summed E-state index contributed by atoms with van der Waals surface area (Å²) in [5.74, 6) is 0.512. The second-order valence-corrected chi connectivity index (χ2v) is 7.72. The van der Waals surface area contributed by atoms with Crippen molar-refractivity contribution < 1.29 is 14.2 Å². The number of aliphatic hydroxyl groups excluding tert-OH is 1. The molecule has 0 amide bonds. The number of halogens is 1. The van der Waals surface area contributed by atoms with Crippen LogP contribution in [0.3, 0.4) is 0 Å². The van der Waals surface area contributed by atoms with Crippen LogP contribution in [0.15, 0.2) is 29.3 Å². The number of benzene rings is 1. The van der Waals surface area contributed by atoms with Gasteiger partial charge in [0.1, 0.15) is 5.82 Å². The van der Waals surface area contributed by atoms with E-state index in [0.29, 0.717) is 26.1 Å². The first-order chi connectivity index (χ1) is 12.4. The van der Waals surface area contributed by atoms with Crippen LogP contribution in [0.5, 0.6) is 0 Å². The fraction of sp³-hybridized carbons (Fsp3) is 0.650. The van der Waals surface area contributed by atoms with Crippen LogP contribution in [0.4, 0.5) is 4.39 Å². The summed E-state index contributed by atoms with van der Waals surface area (Å²) < 4.78 is 19.1. The Morgan fingerprint density at radius 1 is 1.38 bits per heavy atom. The van der Waals surface area contributed by atoms with E-state index in [1.54, 1.807) is 12.1 Å². The van der Waals surface area contributed by atoms with Crippen LogP contribution in [0.2, 0.25) is 0 Å². The van der Waals surface area contributed by atoms with Gasteiger partial charge < -0.3 is 20.5 Å². The molecule has 1 heterocycles. The number of nitrogens with zero attached hydrogens (tertiary/aromatic N) is 1. The average molecular weight is 365 g/mol. The maximum Gasteiger partial charge on any atom is 0.191 e. The summed E-state index contributed by atoms with van der Waals surface area (Å²) in [6.45, 7) is 9.71. The van der Waals surface area contributed by atoms with Gasteiger partial charge in [-0.05, 0) is 37.5 Å². The number of nitrogens with one attached hydrogen (secondary N) is 2. The van der Waals surface area contributed by atoms with Crippen LogP contribution >= 0.6 is 0 Å². The monoisotopic (exact) mass is 365 g/mol. The Morgan fingerprint density at radius 3 is 2.81 bits per heavy atom. The third-order valence-corrected chi connectivity index (χ3v) is 5.04. The predicted octanol–water partition coefficient (Wildman–Crippen LogP) is 2.45. The van der Waals surface area contributed by atoms with Crippen LogP contribution in [0.25, 0.3) is 0 Å². The zero-order chi connectivity index (χ0) is 19.0. The molecule has 1 aliphatic heterocycles. The van der Waals surface area contributed by atoms with E-state index in [4.69, 9.17) is 9.73 Å². The lowest BCUT2D eigenvalue weighted by Gasteiger charge is -2.28. The average Bonchev–Trinajstić information content (AvgIpc) is 3.07. The highest BCUT2D eigenvalue weighted by atomic mass is 19.1. The fourth-order valence-corrected chi connectivity index (χ4v) is 3.20. The minimum atomic E-state index is -0.274. The second kappa shape index (κ2) is 9.33. The molecule has 1 aromatic rings. The molecule has 1 saturated heterocycles. The van der Waals surface area contributed by atoms with Crippen LogP contribution in [-0.2, 0) is 10.2 Å². The van der Waals surface area contributed by atoms with Crippen LogP contribution in [0.1, 0.15) is 39.2 Å². The van der Waals surface area contributed by atoms with Gasteiger partial charge in [0.2, 0.25) is 0 Å². The van der Waals surface area contributed by atoms with Gasteiger partial charge in [-0.2, -0.15) is 0 Å². The topological polar surface area (TPSA) is 65.9 Å². The molecule has 1 atom stereocenters. The zero-order valence-corrected chi connectivity index (χ0v) is 16.1. The van der Waals surface area contributed by atoms with Crippen molar-refractivity contribution >= 4 is 5.96 Å². The van der Waals surface area contributed by atoms with E-state index in [9.17, 15) is 9.50 Å². The molecule has 0 radical (unpaired) electrons. The Morgan fingerprint density at radius 2 is 2.19 bits per heavy atom. The molecule has 0 spiro atoms. The van der Waals surface area contributed by atoms with Gasteiger partial charge in [-0.1, -0.05) is 26.0 Å². The molecule has 5 nitrogen and oxygen atoms in total. The summed E-state index contributed by atoms with van der Waals surface area (Å²) in [5.41, 5.74) is 0.616. The maximum absolute atomic E-state index is 13.5. The lowest BCUT2D eigenvalue weighted by molar-refractivity contribution is 0.127. The second-order valence-electron chi connectivity index (χ2n) is 7.72. The normalized spacial score (nSPS) is 21.0. The van der Waals surface area contributed by atoms with Crippen molar-refractivity contribution in [2.24, 2.45) is 10.4 Å². The third-order valence-electron chi connectivity index (χ3n) is 5.04. The number of hydrogen-bond donors (Lipinski definition) is 3. The quantitative estimate of drug-likeness (QED) is 0.489. The third kappa shape index (κ3) is 5.68. The molecular formula is C20H32FN3O2. The van der Waals surface area contributed by atoms with E-state index in [1.807, 2.05) is 13.0 Å². The largest absolute Gasteiger partial charge is 0.396 e. The van der Waals surface area contributed by atoms with E-state index in [1.165, 1.54) is 6.07 Å². The van der Waals surface area contributed by atoms with E-state index >= 15 is 0 Å². The summed E-state index contributed by atoms with van der Waals surface area (Å²) in [6.07, 6.45) is 1.66. The van der Waals surface area contributed by atoms with Gasteiger partial charge in [0, 0.05) is 37.1 Å². The SMILES string of the molecule is CCNC(=NCC(C)(C)c1cccc(F)c1)NCC1(CCO)CCOC1. The first kappa shape index (κ1) is 20.6. The molecule has 0 saturated carbocycles. The number of hydrogen-bond acceptors (Lipinski definition) is 3. The summed E-state index contributed by atoms with van der Waals surface area (Å²) in [5, 5.41) is 16.0. The van der Waals surface area contributed by atoms with Crippen molar-refractivity contribution in [1.82, 2.24) is 10.6 Å². The molecule has 6 heteroatoms. The zero-order valence-electron chi connectivity index (χ0n) is 16.1. The number of aliphatic imine (C=N–C) groups is 1. The molecule has 1 unspecified atom stereocenters. The standard InChI is InChI=1S/C20H32FN3O2/c1-4-22-18(24-14-20(8-10-25)9-11-26-15-20)23-13-19(2,3)16-6-5-7-17(21)12-16/h5-7,12,25H,4,8-11,13-15H2,1-3H3,(H2,22,23,24). The van der Waals surface area contributed by atoms with Crippen molar-refractivity contribution in [1.29, 1.82) is 0 Å². The van der Waals surface area contributed by atoms with E-state index in [0.717, 1.165) is 31.1 Å². The molecule has 26 heavy (non-hydrogen) atoms. The molecular weight excluding hydrogens is 333 g/mol. The number of guanidine groups is 1. The summed E-state index contributed by atoms with van der Waals surface area (Å²) >= 11 is 0. The number of rotatable bonds is 8. The lowest BCUT2D eigenvalue weighted by Crippen LogP contribution is -2.45. The summed E-state index contributed by atoms with van der Waals surface area (Å²) in [7, 11) is 0. The van der Waals surface area contributed by atoms with Crippen molar-refractivity contribution in [3.63, 3.8) is 0 Å². The molecule has 3 N–H and O–H groups in total. The highest BCUT2D eigenvalue weighted by Crippen LogP contribution is 2.31. The maximum atomic E-state index is 13.5. The molecule has 0 aromatic heterocycles.